The Bertz CT molecular complexity index is 139. The van der Waals surface area contributed by atoms with E-state index in [4.69, 9.17) is 0 Å². The average Bonchev–Trinajstić information content (AvgIpc) is 2.17. The number of hydrogen-bond acceptors (Lipinski definition) is 0. The highest BCUT2D eigenvalue weighted by Gasteiger charge is 2.16. The van der Waals surface area contributed by atoms with Crippen molar-refractivity contribution >= 4 is 0 Å². The first-order chi connectivity index (χ1) is 7.01. The summed E-state index contributed by atoms with van der Waals surface area (Å²) in [5.41, 5.74) is 0. The standard InChI is InChI=1S/C15H32/c1-7-9-13(4)11-15(6)14(5)10-12(3)8-2/h12-15H,7-11H2,1-6H3. The molecule has 0 aliphatic rings. The van der Waals surface area contributed by atoms with Crippen molar-refractivity contribution in [2.45, 2.75) is 73.6 Å². The first kappa shape index (κ1) is 15.0. The third-order valence-corrected chi connectivity index (χ3v) is 4.00. The van der Waals surface area contributed by atoms with Gasteiger partial charge in [-0.2, -0.15) is 0 Å². The molecule has 0 nitrogen and oxygen atoms in total. The van der Waals surface area contributed by atoms with E-state index in [1.165, 1.54) is 32.1 Å². The first-order valence-corrected chi connectivity index (χ1v) is 7.01. The van der Waals surface area contributed by atoms with Crippen molar-refractivity contribution in [1.29, 1.82) is 0 Å². The molecule has 0 fully saturated rings. The second-order valence-electron chi connectivity index (χ2n) is 5.83. The van der Waals surface area contributed by atoms with Gasteiger partial charge in [-0.15, -0.1) is 0 Å². The van der Waals surface area contributed by atoms with Gasteiger partial charge in [-0.1, -0.05) is 60.8 Å². The van der Waals surface area contributed by atoms with E-state index in [-0.39, 0.29) is 0 Å². The fourth-order valence-electron chi connectivity index (χ4n) is 2.51. The van der Waals surface area contributed by atoms with Crippen LogP contribution in [0.25, 0.3) is 0 Å². The lowest BCUT2D eigenvalue weighted by molar-refractivity contribution is 0.261. The molecule has 0 aromatic heterocycles. The minimum Gasteiger partial charge on any atom is -0.0654 e. The van der Waals surface area contributed by atoms with E-state index in [0.29, 0.717) is 0 Å². The summed E-state index contributed by atoms with van der Waals surface area (Å²) in [5.74, 6) is 3.63. The molecule has 0 rings (SSSR count). The van der Waals surface area contributed by atoms with Crippen LogP contribution < -0.4 is 0 Å². The Balaban J connectivity index is 3.82. The van der Waals surface area contributed by atoms with Gasteiger partial charge in [0, 0.05) is 0 Å². The lowest BCUT2D eigenvalue weighted by Gasteiger charge is -2.25. The Morgan fingerprint density at radius 2 is 1.20 bits per heavy atom. The Morgan fingerprint density at radius 1 is 0.733 bits per heavy atom. The molecule has 0 heterocycles. The molecule has 0 saturated carbocycles. The maximum absolute atomic E-state index is 2.44. The van der Waals surface area contributed by atoms with E-state index in [1.807, 2.05) is 0 Å². The third-order valence-electron chi connectivity index (χ3n) is 4.00. The summed E-state index contributed by atoms with van der Waals surface area (Å²) in [5, 5.41) is 0. The van der Waals surface area contributed by atoms with E-state index in [9.17, 15) is 0 Å². The van der Waals surface area contributed by atoms with Crippen LogP contribution in [0.2, 0.25) is 0 Å². The summed E-state index contributed by atoms with van der Waals surface area (Å²) in [7, 11) is 0. The smallest absolute Gasteiger partial charge is 0.0414 e. The van der Waals surface area contributed by atoms with Gasteiger partial charge >= 0.3 is 0 Å². The van der Waals surface area contributed by atoms with Gasteiger partial charge in [0.05, 0.1) is 0 Å². The van der Waals surface area contributed by atoms with E-state index in [0.717, 1.165) is 23.7 Å². The van der Waals surface area contributed by atoms with E-state index >= 15 is 0 Å². The van der Waals surface area contributed by atoms with Crippen LogP contribution in [0.15, 0.2) is 0 Å². The van der Waals surface area contributed by atoms with Gasteiger partial charge in [0.2, 0.25) is 0 Å². The van der Waals surface area contributed by atoms with Crippen LogP contribution in [0.4, 0.5) is 0 Å². The van der Waals surface area contributed by atoms with Crippen molar-refractivity contribution in [3.63, 3.8) is 0 Å². The van der Waals surface area contributed by atoms with Crippen molar-refractivity contribution in [2.24, 2.45) is 23.7 Å². The minimum atomic E-state index is 0.902. The summed E-state index contributed by atoms with van der Waals surface area (Å²) < 4.78 is 0. The normalized spacial score (nSPS) is 19.6. The van der Waals surface area contributed by atoms with Crippen LogP contribution >= 0.6 is 0 Å². The molecule has 0 aromatic rings. The molecule has 0 aliphatic heterocycles. The van der Waals surface area contributed by atoms with Crippen molar-refractivity contribution in [3.8, 4) is 0 Å². The van der Waals surface area contributed by atoms with Crippen LogP contribution in [0.3, 0.4) is 0 Å². The van der Waals surface area contributed by atoms with Gasteiger partial charge in [0.1, 0.15) is 0 Å². The van der Waals surface area contributed by atoms with E-state index < -0.39 is 0 Å². The molecule has 0 spiro atoms. The Labute approximate surface area is 97.8 Å². The Kier molecular flexibility index (Phi) is 8.19. The zero-order valence-corrected chi connectivity index (χ0v) is 11.8. The summed E-state index contributed by atoms with van der Waals surface area (Å²) in [4.78, 5) is 0. The number of hydrogen-bond donors (Lipinski definition) is 0. The van der Waals surface area contributed by atoms with Crippen molar-refractivity contribution in [1.82, 2.24) is 0 Å². The van der Waals surface area contributed by atoms with Crippen molar-refractivity contribution < 1.29 is 0 Å². The van der Waals surface area contributed by atoms with Crippen LogP contribution in [0, 0.1) is 23.7 Å². The van der Waals surface area contributed by atoms with Crippen LogP contribution in [-0.4, -0.2) is 0 Å². The van der Waals surface area contributed by atoms with Gasteiger partial charge < -0.3 is 0 Å². The predicted molar refractivity (Wildman–Crippen MR) is 71.1 cm³/mol. The molecule has 0 saturated heterocycles. The molecule has 0 heteroatoms. The van der Waals surface area contributed by atoms with Gasteiger partial charge in [0.25, 0.3) is 0 Å². The fraction of sp³-hybridized carbons (Fsp3) is 1.00. The maximum Gasteiger partial charge on any atom is -0.0414 e. The van der Waals surface area contributed by atoms with E-state index in [2.05, 4.69) is 41.5 Å². The average molecular weight is 212 g/mol. The molecule has 0 aromatic carbocycles. The second-order valence-corrected chi connectivity index (χ2v) is 5.83. The zero-order chi connectivity index (χ0) is 11.8. The number of rotatable bonds is 8. The van der Waals surface area contributed by atoms with Gasteiger partial charge in [-0.25, -0.2) is 0 Å². The fourth-order valence-corrected chi connectivity index (χ4v) is 2.51. The highest BCUT2D eigenvalue weighted by atomic mass is 14.2. The summed E-state index contributed by atoms with van der Waals surface area (Å²) in [6, 6.07) is 0. The van der Waals surface area contributed by atoms with Gasteiger partial charge in [-0.05, 0) is 36.5 Å². The topological polar surface area (TPSA) is 0 Å². The highest BCUT2D eigenvalue weighted by Crippen LogP contribution is 2.27. The molecular formula is C15H32. The molecule has 0 N–H and O–H groups in total. The summed E-state index contributed by atoms with van der Waals surface area (Å²) >= 11 is 0. The largest absolute Gasteiger partial charge is 0.0654 e. The summed E-state index contributed by atoms with van der Waals surface area (Å²) in [6.45, 7) is 14.3. The Morgan fingerprint density at radius 3 is 1.60 bits per heavy atom. The third kappa shape index (κ3) is 6.98. The Hall–Kier alpha value is 0. The monoisotopic (exact) mass is 212 g/mol. The molecule has 0 radical (unpaired) electrons. The molecule has 0 aliphatic carbocycles. The molecular weight excluding hydrogens is 180 g/mol. The highest BCUT2D eigenvalue weighted by molar-refractivity contribution is 4.67. The zero-order valence-electron chi connectivity index (χ0n) is 11.8. The molecule has 0 bridgehead atoms. The van der Waals surface area contributed by atoms with E-state index in [1.54, 1.807) is 0 Å². The lowest BCUT2D eigenvalue weighted by Crippen LogP contribution is -2.14. The molecule has 0 amide bonds. The molecule has 15 heavy (non-hydrogen) atoms. The first-order valence-electron chi connectivity index (χ1n) is 7.01. The SMILES string of the molecule is CCCC(C)CC(C)C(C)CC(C)CC. The van der Waals surface area contributed by atoms with Gasteiger partial charge in [-0.3, -0.25) is 0 Å². The second kappa shape index (κ2) is 8.19. The minimum absolute atomic E-state index is 0.902. The predicted octanol–water partition coefficient (Wildman–Crippen LogP) is 5.52. The van der Waals surface area contributed by atoms with Crippen LogP contribution in [0.1, 0.15) is 73.6 Å². The summed E-state index contributed by atoms with van der Waals surface area (Å²) in [6.07, 6.45) is 6.91. The molecule has 92 valence electrons. The molecule has 4 unspecified atom stereocenters. The van der Waals surface area contributed by atoms with Crippen molar-refractivity contribution in [2.75, 3.05) is 0 Å². The van der Waals surface area contributed by atoms with Crippen molar-refractivity contribution in [3.05, 3.63) is 0 Å². The maximum atomic E-state index is 2.44. The molecule has 4 atom stereocenters. The van der Waals surface area contributed by atoms with Crippen LogP contribution in [0.5, 0.6) is 0 Å². The quantitative estimate of drug-likeness (QED) is 0.497. The lowest BCUT2D eigenvalue weighted by atomic mass is 9.81. The van der Waals surface area contributed by atoms with Crippen LogP contribution in [-0.2, 0) is 0 Å². The van der Waals surface area contributed by atoms with Gasteiger partial charge in [0.15, 0.2) is 0 Å².